The van der Waals surface area contributed by atoms with Crippen molar-refractivity contribution in [3.05, 3.63) is 36.3 Å². The van der Waals surface area contributed by atoms with Gasteiger partial charge in [-0.05, 0) is 19.1 Å². The van der Waals surface area contributed by atoms with Crippen LogP contribution >= 0.6 is 0 Å². The Morgan fingerprint density at radius 3 is 3.25 bits per heavy atom. The zero-order valence-corrected chi connectivity index (χ0v) is 11.6. The van der Waals surface area contributed by atoms with Crippen molar-refractivity contribution < 1.29 is 4.74 Å². The molecule has 0 saturated carbocycles. The standard InChI is InChI=1S/C14H19N5O/c1-11-9-19(6-7-20-11)14(15)16-8-12-10-18-5-3-2-4-13(18)17-12/h2-5,10-11H,6-9H2,1H3,(H2,15,16). The molecule has 3 rings (SSSR count). The summed E-state index contributed by atoms with van der Waals surface area (Å²) in [6.07, 6.45) is 4.16. The lowest BCUT2D eigenvalue weighted by atomic mass is 10.3. The van der Waals surface area contributed by atoms with Crippen molar-refractivity contribution >= 4 is 11.6 Å². The number of rotatable bonds is 2. The minimum absolute atomic E-state index is 0.202. The van der Waals surface area contributed by atoms with E-state index in [0.717, 1.165) is 24.4 Å². The number of hydrogen-bond donors (Lipinski definition) is 1. The Labute approximate surface area is 117 Å². The third-order valence-electron chi connectivity index (χ3n) is 3.38. The SMILES string of the molecule is CC1CN(C(N)=NCc2cn3ccccc3n2)CCO1. The number of nitrogens with two attached hydrogens (primary N) is 1. The van der Waals surface area contributed by atoms with Crippen LogP contribution in [0.2, 0.25) is 0 Å². The summed E-state index contributed by atoms with van der Waals surface area (Å²) in [5, 5.41) is 0. The summed E-state index contributed by atoms with van der Waals surface area (Å²) in [6, 6.07) is 5.92. The Morgan fingerprint density at radius 2 is 2.45 bits per heavy atom. The molecule has 1 aliphatic rings. The van der Waals surface area contributed by atoms with Crippen LogP contribution in [-0.4, -0.2) is 46.0 Å². The monoisotopic (exact) mass is 273 g/mol. The minimum atomic E-state index is 0.202. The maximum atomic E-state index is 6.04. The zero-order valence-electron chi connectivity index (χ0n) is 11.6. The van der Waals surface area contributed by atoms with E-state index in [0.29, 0.717) is 19.1 Å². The van der Waals surface area contributed by atoms with Crippen molar-refractivity contribution in [2.45, 2.75) is 19.6 Å². The van der Waals surface area contributed by atoms with Crippen LogP contribution in [0.5, 0.6) is 0 Å². The molecule has 1 aliphatic heterocycles. The fourth-order valence-electron chi connectivity index (χ4n) is 2.35. The molecule has 0 bridgehead atoms. The molecule has 3 heterocycles. The molecular weight excluding hydrogens is 254 g/mol. The Bertz CT molecular complexity index is 588. The van der Waals surface area contributed by atoms with Crippen LogP contribution in [0.4, 0.5) is 0 Å². The maximum absolute atomic E-state index is 6.04. The number of morpholine rings is 1. The van der Waals surface area contributed by atoms with Gasteiger partial charge in [0.2, 0.25) is 0 Å². The highest BCUT2D eigenvalue weighted by Gasteiger charge is 2.17. The molecule has 6 heteroatoms. The van der Waals surface area contributed by atoms with Crippen LogP contribution in [0, 0.1) is 0 Å². The van der Waals surface area contributed by atoms with Gasteiger partial charge < -0.3 is 19.8 Å². The van der Waals surface area contributed by atoms with Crippen LogP contribution in [-0.2, 0) is 11.3 Å². The van der Waals surface area contributed by atoms with Crippen molar-refractivity contribution in [3.63, 3.8) is 0 Å². The van der Waals surface area contributed by atoms with Crippen molar-refractivity contribution in [2.24, 2.45) is 10.7 Å². The summed E-state index contributed by atoms with van der Waals surface area (Å²) in [5.74, 6) is 0.567. The smallest absolute Gasteiger partial charge is 0.191 e. The van der Waals surface area contributed by atoms with E-state index in [-0.39, 0.29) is 6.10 Å². The average Bonchev–Trinajstić information content (AvgIpc) is 2.87. The van der Waals surface area contributed by atoms with Crippen LogP contribution in [0.15, 0.2) is 35.6 Å². The lowest BCUT2D eigenvalue weighted by molar-refractivity contribution is 0.00528. The molecule has 2 N–H and O–H groups in total. The van der Waals surface area contributed by atoms with E-state index >= 15 is 0 Å². The van der Waals surface area contributed by atoms with E-state index in [1.54, 1.807) is 0 Å². The van der Waals surface area contributed by atoms with Gasteiger partial charge in [-0.15, -0.1) is 0 Å². The number of fused-ring (bicyclic) bond motifs is 1. The number of guanidine groups is 1. The van der Waals surface area contributed by atoms with Gasteiger partial charge in [0.25, 0.3) is 0 Å². The molecule has 0 aromatic carbocycles. The molecule has 0 amide bonds. The first-order valence-corrected chi connectivity index (χ1v) is 6.81. The van der Waals surface area contributed by atoms with Gasteiger partial charge in [-0.25, -0.2) is 9.98 Å². The highest BCUT2D eigenvalue weighted by molar-refractivity contribution is 5.78. The number of ether oxygens (including phenoxy) is 1. The van der Waals surface area contributed by atoms with Crippen LogP contribution in [0.3, 0.4) is 0 Å². The molecule has 2 aromatic heterocycles. The second kappa shape index (κ2) is 5.50. The zero-order chi connectivity index (χ0) is 13.9. The van der Waals surface area contributed by atoms with Gasteiger partial charge in [-0.1, -0.05) is 6.07 Å². The average molecular weight is 273 g/mol. The summed E-state index contributed by atoms with van der Waals surface area (Å²) < 4.78 is 7.48. The molecular formula is C14H19N5O. The van der Waals surface area contributed by atoms with Gasteiger partial charge in [0.1, 0.15) is 5.65 Å². The van der Waals surface area contributed by atoms with E-state index in [9.17, 15) is 0 Å². The Kier molecular flexibility index (Phi) is 3.56. The molecule has 20 heavy (non-hydrogen) atoms. The summed E-state index contributed by atoms with van der Waals surface area (Å²) in [6.45, 7) is 4.83. The molecule has 1 unspecified atom stereocenters. The van der Waals surface area contributed by atoms with Crippen LogP contribution in [0.1, 0.15) is 12.6 Å². The summed E-state index contributed by atoms with van der Waals surface area (Å²) in [4.78, 5) is 11.0. The molecule has 2 aromatic rings. The lowest BCUT2D eigenvalue weighted by Crippen LogP contribution is -2.47. The van der Waals surface area contributed by atoms with Gasteiger partial charge in [-0.2, -0.15) is 0 Å². The predicted octanol–water partition coefficient (Wildman–Crippen LogP) is 0.870. The van der Waals surface area contributed by atoms with Crippen molar-refractivity contribution in [1.82, 2.24) is 14.3 Å². The van der Waals surface area contributed by atoms with Crippen LogP contribution in [0.25, 0.3) is 5.65 Å². The first kappa shape index (κ1) is 12.9. The van der Waals surface area contributed by atoms with E-state index in [1.165, 1.54) is 0 Å². The minimum Gasteiger partial charge on any atom is -0.375 e. The van der Waals surface area contributed by atoms with Crippen molar-refractivity contribution in [2.75, 3.05) is 19.7 Å². The third kappa shape index (κ3) is 2.75. The highest BCUT2D eigenvalue weighted by Crippen LogP contribution is 2.07. The number of nitrogens with zero attached hydrogens (tertiary/aromatic N) is 4. The molecule has 1 atom stereocenters. The van der Waals surface area contributed by atoms with E-state index in [2.05, 4.69) is 14.9 Å². The fraction of sp³-hybridized carbons (Fsp3) is 0.429. The quantitative estimate of drug-likeness (QED) is 0.651. The maximum Gasteiger partial charge on any atom is 0.191 e. The van der Waals surface area contributed by atoms with Gasteiger partial charge in [-0.3, -0.25) is 0 Å². The molecule has 0 spiro atoms. The normalized spacial score (nSPS) is 20.6. The van der Waals surface area contributed by atoms with E-state index in [1.807, 2.05) is 41.9 Å². The third-order valence-corrected chi connectivity index (χ3v) is 3.38. The highest BCUT2D eigenvalue weighted by atomic mass is 16.5. The number of aromatic nitrogens is 2. The van der Waals surface area contributed by atoms with Crippen molar-refractivity contribution in [3.8, 4) is 0 Å². The molecule has 0 aliphatic carbocycles. The molecule has 0 radical (unpaired) electrons. The molecule has 1 saturated heterocycles. The lowest BCUT2D eigenvalue weighted by Gasteiger charge is -2.31. The number of hydrogen-bond acceptors (Lipinski definition) is 3. The van der Waals surface area contributed by atoms with Crippen molar-refractivity contribution in [1.29, 1.82) is 0 Å². The predicted molar refractivity (Wildman–Crippen MR) is 77.5 cm³/mol. The molecule has 106 valence electrons. The van der Waals surface area contributed by atoms with Gasteiger partial charge >= 0.3 is 0 Å². The van der Waals surface area contributed by atoms with E-state index < -0.39 is 0 Å². The van der Waals surface area contributed by atoms with Gasteiger partial charge in [0.05, 0.1) is 24.9 Å². The van der Waals surface area contributed by atoms with Crippen LogP contribution < -0.4 is 5.73 Å². The molecule has 6 nitrogen and oxygen atoms in total. The first-order chi connectivity index (χ1) is 9.72. The number of pyridine rings is 1. The summed E-state index contributed by atoms with van der Waals surface area (Å²) in [5.41, 5.74) is 7.88. The van der Waals surface area contributed by atoms with E-state index in [4.69, 9.17) is 10.5 Å². The number of imidazole rings is 1. The fourth-order valence-corrected chi connectivity index (χ4v) is 2.35. The second-order valence-corrected chi connectivity index (χ2v) is 5.00. The van der Waals surface area contributed by atoms with Gasteiger partial charge in [0.15, 0.2) is 5.96 Å². The first-order valence-electron chi connectivity index (χ1n) is 6.81. The summed E-state index contributed by atoms with van der Waals surface area (Å²) >= 11 is 0. The topological polar surface area (TPSA) is 68.2 Å². The largest absolute Gasteiger partial charge is 0.375 e. The van der Waals surface area contributed by atoms with Gasteiger partial charge in [0, 0.05) is 25.5 Å². The Balaban J connectivity index is 1.69. The molecule has 1 fully saturated rings. The summed E-state index contributed by atoms with van der Waals surface area (Å²) in [7, 11) is 0. The Morgan fingerprint density at radius 1 is 1.55 bits per heavy atom. The second-order valence-electron chi connectivity index (χ2n) is 5.00. The number of aliphatic imine (C=N–C) groups is 1. The Hall–Kier alpha value is -2.08.